The van der Waals surface area contributed by atoms with Crippen LogP contribution in [0, 0.1) is 5.92 Å². The minimum absolute atomic E-state index is 0.181. The van der Waals surface area contributed by atoms with Crippen LogP contribution in [0.5, 0.6) is 0 Å². The number of amides is 1. The second-order valence-electron chi connectivity index (χ2n) is 6.73. The number of carbonyl (C=O) groups is 1. The first kappa shape index (κ1) is 15.8. The molecule has 2 aliphatic heterocycles. The number of thiophene rings is 1. The molecule has 0 bridgehead atoms. The number of piperidine rings is 1. The van der Waals surface area contributed by atoms with E-state index in [2.05, 4.69) is 31.3 Å². The first-order valence-electron chi connectivity index (χ1n) is 8.60. The van der Waals surface area contributed by atoms with E-state index in [9.17, 15) is 4.79 Å². The summed E-state index contributed by atoms with van der Waals surface area (Å²) < 4.78 is 1.82. The average Bonchev–Trinajstić information content (AvgIpc) is 3.23. The number of aromatic nitrogens is 3. The zero-order valence-electron chi connectivity index (χ0n) is 14.0. The van der Waals surface area contributed by atoms with Crippen LogP contribution in [0.3, 0.4) is 0 Å². The summed E-state index contributed by atoms with van der Waals surface area (Å²) in [6.45, 7) is 4.42. The molecule has 24 heavy (non-hydrogen) atoms. The number of carbonyl (C=O) groups excluding carboxylic acids is 1. The van der Waals surface area contributed by atoms with Gasteiger partial charge in [-0.05, 0) is 49.4 Å². The van der Waals surface area contributed by atoms with E-state index in [0.717, 1.165) is 57.8 Å². The van der Waals surface area contributed by atoms with Gasteiger partial charge < -0.3 is 4.90 Å². The van der Waals surface area contributed by atoms with Crippen molar-refractivity contribution in [2.24, 2.45) is 13.0 Å². The van der Waals surface area contributed by atoms with Crippen molar-refractivity contribution < 1.29 is 4.79 Å². The predicted octanol–water partition coefficient (Wildman–Crippen LogP) is 1.67. The van der Waals surface area contributed by atoms with E-state index in [0.29, 0.717) is 5.91 Å². The third-order valence-corrected chi connectivity index (χ3v) is 6.25. The fourth-order valence-corrected chi connectivity index (χ4v) is 4.59. The van der Waals surface area contributed by atoms with Crippen molar-refractivity contribution in [3.05, 3.63) is 34.0 Å². The summed E-state index contributed by atoms with van der Waals surface area (Å²) in [7, 11) is 1.92. The van der Waals surface area contributed by atoms with Gasteiger partial charge in [-0.1, -0.05) is 0 Å². The molecular weight excluding hydrogens is 322 g/mol. The number of likely N-dealkylation sites (tertiary alicyclic amines) is 1. The van der Waals surface area contributed by atoms with Crippen LogP contribution in [0.2, 0.25) is 0 Å². The van der Waals surface area contributed by atoms with Crippen LogP contribution in [0.1, 0.15) is 29.1 Å². The van der Waals surface area contributed by atoms with Gasteiger partial charge in [0.2, 0.25) is 5.91 Å². The number of hydrogen-bond donors (Lipinski definition) is 0. The quantitative estimate of drug-likeness (QED) is 0.849. The molecule has 0 radical (unpaired) electrons. The molecule has 7 heteroatoms. The van der Waals surface area contributed by atoms with Crippen LogP contribution in [0.15, 0.2) is 17.8 Å². The molecule has 0 spiro atoms. The van der Waals surface area contributed by atoms with Crippen molar-refractivity contribution in [2.45, 2.75) is 32.4 Å². The second-order valence-corrected chi connectivity index (χ2v) is 7.73. The maximum atomic E-state index is 12.8. The molecule has 6 nitrogen and oxygen atoms in total. The molecule has 0 unspecified atom stereocenters. The van der Waals surface area contributed by atoms with Crippen LogP contribution in [0.25, 0.3) is 0 Å². The van der Waals surface area contributed by atoms with Crippen molar-refractivity contribution in [3.8, 4) is 0 Å². The Hall–Kier alpha value is -1.73. The fourth-order valence-electron chi connectivity index (χ4n) is 3.70. The van der Waals surface area contributed by atoms with Crippen molar-refractivity contribution >= 4 is 17.2 Å². The number of hydrogen-bond acceptors (Lipinski definition) is 5. The molecule has 128 valence electrons. The van der Waals surface area contributed by atoms with Gasteiger partial charge in [-0.25, -0.2) is 4.98 Å². The maximum Gasteiger partial charge on any atom is 0.226 e. The Morgan fingerprint density at radius 2 is 2.17 bits per heavy atom. The van der Waals surface area contributed by atoms with E-state index in [1.165, 1.54) is 10.4 Å². The zero-order valence-corrected chi connectivity index (χ0v) is 14.8. The monoisotopic (exact) mass is 345 g/mol. The molecule has 0 atom stereocenters. The summed E-state index contributed by atoms with van der Waals surface area (Å²) >= 11 is 1.82. The number of aryl methyl sites for hydroxylation is 1. The van der Waals surface area contributed by atoms with E-state index in [4.69, 9.17) is 0 Å². The van der Waals surface area contributed by atoms with Gasteiger partial charge in [-0.15, -0.1) is 11.3 Å². The standard InChI is InChI=1S/C17H23N5OS/c1-20-16(18-12-19-20)11-21-6-2-13(3-7-21)17(23)22-8-4-15-14(10-22)5-9-24-15/h5,9,12-13H,2-4,6-8,10-11H2,1H3. The average molecular weight is 345 g/mol. The third kappa shape index (κ3) is 3.10. The largest absolute Gasteiger partial charge is 0.338 e. The molecule has 1 amide bonds. The van der Waals surface area contributed by atoms with Gasteiger partial charge in [0.05, 0.1) is 6.54 Å². The third-order valence-electron chi connectivity index (χ3n) is 5.23. The van der Waals surface area contributed by atoms with Crippen LogP contribution in [-0.2, 0) is 31.4 Å². The Morgan fingerprint density at radius 1 is 1.33 bits per heavy atom. The Kier molecular flexibility index (Phi) is 4.37. The highest BCUT2D eigenvalue weighted by atomic mass is 32.1. The van der Waals surface area contributed by atoms with Crippen molar-refractivity contribution in [2.75, 3.05) is 19.6 Å². The van der Waals surface area contributed by atoms with E-state index in [-0.39, 0.29) is 5.92 Å². The van der Waals surface area contributed by atoms with E-state index < -0.39 is 0 Å². The lowest BCUT2D eigenvalue weighted by Crippen LogP contribution is -2.44. The van der Waals surface area contributed by atoms with Gasteiger partial charge in [-0.2, -0.15) is 5.10 Å². The zero-order chi connectivity index (χ0) is 16.5. The van der Waals surface area contributed by atoms with Gasteiger partial charge in [0, 0.05) is 30.9 Å². The normalized spacial score (nSPS) is 19.5. The molecule has 1 fully saturated rings. The summed E-state index contributed by atoms with van der Waals surface area (Å²) in [5.41, 5.74) is 1.35. The van der Waals surface area contributed by atoms with E-state index >= 15 is 0 Å². The summed E-state index contributed by atoms with van der Waals surface area (Å²) in [5.74, 6) is 1.52. The summed E-state index contributed by atoms with van der Waals surface area (Å²) in [4.78, 5) is 23.0. The first-order chi connectivity index (χ1) is 11.7. The fraction of sp³-hybridized carbons (Fsp3) is 0.588. The van der Waals surface area contributed by atoms with Crippen LogP contribution in [0.4, 0.5) is 0 Å². The number of nitrogens with zero attached hydrogens (tertiary/aromatic N) is 5. The van der Waals surface area contributed by atoms with Crippen molar-refractivity contribution in [1.29, 1.82) is 0 Å². The van der Waals surface area contributed by atoms with Crippen molar-refractivity contribution in [3.63, 3.8) is 0 Å². The minimum Gasteiger partial charge on any atom is -0.338 e. The van der Waals surface area contributed by atoms with Gasteiger partial charge in [0.1, 0.15) is 12.2 Å². The Balaban J connectivity index is 1.31. The highest BCUT2D eigenvalue weighted by Crippen LogP contribution is 2.27. The molecule has 2 aliphatic rings. The molecular formula is C17H23N5OS. The summed E-state index contributed by atoms with van der Waals surface area (Å²) in [5, 5.41) is 6.26. The highest BCUT2D eigenvalue weighted by Gasteiger charge is 2.30. The molecule has 4 heterocycles. The predicted molar refractivity (Wildman–Crippen MR) is 92.4 cm³/mol. The first-order valence-corrected chi connectivity index (χ1v) is 9.48. The molecule has 0 saturated carbocycles. The van der Waals surface area contributed by atoms with Crippen LogP contribution >= 0.6 is 11.3 Å². The molecule has 4 rings (SSSR count). The maximum absolute atomic E-state index is 12.8. The van der Waals surface area contributed by atoms with Gasteiger partial charge in [-0.3, -0.25) is 14.4 Å². The molecule has 1 saturated heterocycles. The Bertz CT molecular complexity index is 716. The Labute approximate surface area is 146 Å². The van der Waals surface area contributed by atoms with Crippen LogP contribution in [-0.4, -0.2) is 50.1 Å². The SMILES string of the molecule is Cn1ncnc1CN1CCC(C(=O)N2CCc3sccc3C2)CC1. The van der Waals surface area contributed by atoms with Gasteiger partial charge in [0.25, 0.3) is 0 Å². The van der Waals surface area contributed by atoms with Crippen molar-refractivity contribution in [1.82, 2.24) is 24.6 Å². The van der Waals surface area contributed by atoms with E-state index in [1.807, 2.05) is 23.1 Å². The molecule has 0 N–H and O–H groups in total. The van der Waals surface area contributed by atoms with Crippen LogP contribution < -0.4 is 0 Å². The lowest BCUT2D eigenvalue weighted by atomic mass is 9.94. The smallest absolute Gasteiger partial charge is 0.226 e. The molecule has 2 aromatic heterocycles. The summed E-state index contributed by atoms with van der Waals surface area (Å²) in [6, 6.07) is 2.17. The molecule has 0 aromatic carbocycles. The topological polar surface area (TPSA) is 54.3 Å². The highest BCUT2D eigenvalue weighted by molar-refractivity contribution is 7.10. The lowest BCUT2D eigenvalue weighted by Gasteiger charge is -2.35. The minimum atomic E-state index is 0.181. The summed E-state index contributed by atoms with van der Waals surface area (Å²) in [6.07, 6.45) is 4.51. The second kappa shape index (κ2) is 6.64. The lowest BCUT2D eigenvalue weighted by molar-refractivity contribution is -0.138. The number of fused-ring (bicyclic) bond motifs is 1. The molecule has 2 aromatic rings. The van der Waals surface area contributed by atoms with Gasteiger partial charge in [0.15, 0.2) is 0 Å². The number of rotatable bonds is 3. The van der Waals surface area contributed by atoms with Gasteiger partial charge >= 0.3 is 0 Å². The molecule has 0 aliphatic carbocycles. The Morgan fingerprint density at radius 3 is 2.92 bits per heavy atom. The van der Waals surface area contributed by atoms with E-state index in [1.54, 1.807) is 6.33 Å².